The van der Waals surface area contributed by atoms with Crippen molar-refractivity contribution in [3.05, 3.63) is 35.4 Å². The molecule has 0 saturated heterocycles. The molecule has 0 saturated carbocycles. The summed E-state index contributed by atoms with van der Waals surface area (Å²) < 4.78 is 0. The second-order valence-corrected chi connectivity index (χ2v) is 3.56. The van der Waals surface area contributed by atoms with E-state index in [1.807, 2.05) is 19.1 Å². The summed E-state index contributed by atoms with van der Waals surface area (Å²) in [6.45, 7) is 2.37. The number of carbonyl (C=O) groups is 1. The van der Waals surface area contributed by atoms with Crippen LogP contribution in [0.4, 0.5) is 0 Å². The standard InChI is InChI=1S/C12H14N2O2/c1-9(14-6-5-12(15)16)11-4-2-3-10(7-11)8-13/h2-4,7,9,14H,5-6H2,1H3,(H,15,16). The first-order valence-corrected chi connectivity index (χ1v) is 5.08. The van der Waals surface area contributed by atoms with Crippen LogP contribution >= 0.6 is 0 Å². The highest BCUT2D eigenvalue weighted by molar-refractivity contribution is 5.66. The number of hydrogen-bond donors (Lipinski definition) is 2. The van der Waals surface area contributed by atoms with E-state index in [9.17, 15) is 4.79 Å². The van der Waals surface area contributed by atoms with Gasteiger partial charge in [-0.15, -0.1) is 0 Å². The molecular weight excluding hydrogens is 204 g/mol. The van der Waals surface area contributed by atoms with Gasteiger partial charge >= 0.3 is 5.97 Å². The molecule has 0 amide bonds. The first-order valence-electron chi connectivity index (χ1n) is 5.08. The van der Waals surface area contributed by atoms with E-state index in [1.165, 1.54) is 0 Å². The molecule has 0 aromatic heterocycles. The minimum atomic E-state index is -0.814. The van der Waals surface area contributed by atoms with Gasteiger partial charge in [-0.3, -0.25) is 4.79 Å². The van der Waals surface area contributed by atoms with Crippen LogP contribution in [0.15, 0.2) is 24.3 Å². The predicted octanol–water partition coefficient (Wildman–Crippen LogP) is 1.68. The molecule has 0 aliphatic carbocycles. The molecule has 0 spiro atoms. The fourth-order valence-corrected chi connectivity index (χ4v) is 1.39. The van der Waals surface area contributed by atoms with Crippen molar-refractivity contribution >= 4 is 5.97 Å². The van der Waals surface area contributed by atoms with E-state index in [0.717, 1.165) is 5.56 Å². The summed E-state index contributed by atoms with van der Waals surface area (Å²) in [4.78, 5) is 10.3. The fourth-order valence-electron chi connectivity index (χ4n) is 1.39. The predicted molar refractivity (Wildman–Crippen MR) is 59.8 cm³/mol. The Hall–Kier alpha value is -1.86. The van der Waals surface area contributed by atoms with Gasteiger partial charge in [0.2, 0.25) is 0 Å². The number of carboxylic acid groups (broad SMARTS) is 1. The Bertz CT molecular complexity index is 410. The van der Waals surface area contributed by atoms with Crippen LogP contribution in [0.5, 0.6) is 0 Å². The zero-order valence-corrected chi connectivity index (χ0v) is 9.10. The van der Waals surface area contributed by atoms with Gasteiger partial charge in [0.05, 0.1) is 18.1 Å². The van der Waals surface area contributed by atoms with Gasteiger partial charge in [0, 0.05) is 12.6 Å². The van der Waals surface area contributed by atoms with Crippen LogP contribution in [0, 0.1) is 11.3 Å². The fraction of sp³-hybridized carbons (Fsp3) is 0.333. The third kappa shape index (κ3) is 3.71. The molecule has 0 aliphatic rings. The van der Waals surface area contributed by atoms with E-state index in [1.54, 1.807) is 12.1 Å². The second kappa shape index (κ2) is 5.89. The van der Waals surface area contributed by atoms with E-state index in [4.69, 9.17) is 10.4 Å². The molecule has 0 radical (unpaired) electrons. The Morgan fingerprint density at radius 1 is 1.62 bits per heavy atom. The summed E-state index contributed by atoms with van der Waals surface area (Å²) in [6, 6.07) is 9.41. The van der Waals surface area contributed by atoms with Crippen LogP contribution in [-0.2, 0) is 4.79 Å². The summed E-state index contributed by atoms with van der Waals surface area (Å²) in [6.07, 6.45) is 0.0995. The Morgan fingerprint density at radius 2 is 2.38 bits per heavy atom. The summed E-state index contributed by atoms with van der Waals surface area (Å²) >= 11 is 0. The van der Waals surface area contributed by atoms with Crippen molar-refractivity contribution in [1.82, 2.24) is 5.32 Å². The van der Waals surface area contributed by atoms with E-state index in [2.05, 4.69) is 11.4 Å². The molecule has 1 aromatic rings. The van der Waals surface area contributed by atoms with Crippen molar-refractivity contribution in [3.63, 3.8) is 0 Å². The molecule has 0 aliphatic heterocycles. The van der Waals surface area contributed by atoms with Gasteiger partial charge in [-0.1, -0.05) is 12.1 Å². The number of nitrogens with zero attached hydrogens (tertiary/aromatic N) is 1. The Kier molecular flexibility index (Phi) is 4.49. The minimum Gasteiger partial charge on any atom is -0.481 e. The number of aliphatic carboxylic acids is 1. The lowest BCUT2D eigenvalue weighted by atomic mass is 10.1. The number of benzene rings is 1. The van der Waals surface area contributed by atoms with Gasteiger partial charge in [0.15, 0.2) is 0 Å². The van der Waals surface area contributed by atoms with Gasteiger partial charge < -0.3 is 10.4 Å². The Balaban J connectivity index is 2.55. The Morgan fingerprint density at radius 3 is 3.00 bits per heavy atom. The van der Waals surface area contributed by atoms with Crippen molar-refractivity contribution < 1.29 is 9.90 Å². The average molecular weight is 218 g/mol. The third-order valence-electron chi connectivity index (χ3n) is 2.31. The molecule has 1 unspecified atom stereocenters. The van der Waals surface area contributed by atoms with Crippen LogP contribution in [0.1, 0.15) is 30.5 Å². The summed E-state index contributed by atoms with van der Waals surface area (Å²) in [5, 5.41) is 20.3. The van der Waals surface area contributed by atoms with Crippen molar-refractivity contribution in [2.24, 2.45) is 0 Å². The largest absolute Gasteiger partial charge is 0.481 e. The molecule has 0 heterocycles. The summed E-state index contributed by atoms with van der Waals surface area (Å²) in [7, 11) is 0. The lowest BCUT2D eigenvalue weighted by Gasteiger charge is -2.13. The lowest BCUT2D eigenvalue weighted by Crippen LogP contribution is -2.21. The molecule has 2 N–H and O–H groups in total. The van der Waals surface area contributed by atoms with E-state index in [-0.39, 0.29) is 12.5 Å². The van der Waals surface area contributed by atoms with Gasteiger partial charge in [-0.2, -0.15) is 5.26 Å². The maximum absolute atomic E-state index is 10.3. The van der Waals surface area contributed by atoms with Crippen LogP contribution in [0.3, 0.4) is 0 Å². The highest BCUT2D eigenvalue weighted by atomic mass is 16.4. The highest BCUT2D eigenvalue weighted by Crippen LogP contribution is 2.13. The molecule has 0 bridgehead atoms. The number of carboxylic acids is 1. The molecule has 1 rings (SSSR count). The van der Waals surface area contributed by atoms with Crippen molar-refractivity contribution in [2.45, 2.75) is 19.4 Å². The number of rotatable bonds is 5. The number of nitrogens with one attached hydrogen (secondary N) is 1. The maximum atomic E-state index is 10.3. The van der Waals surface area contributed by atoms with Crippen LogP contribution < -0.4 is 5.32 Å². The molecule has 4 heteroatoms. The zero-order chi connectivity index (χ0) is 12.0. The molecule has 4 nitrogen and oxygen atoms in total. The normalized spacial score (nSPS) is 11.8. The topological polar surface area (TPSA) is 73.1 Å². The minimum absolute atomic E-state index is 0.0487. The first kappa shape index (κ1) is 12.2. The molecule has 0 fully saturated rings. The SMILES string of the molecule is CC(NCCC(=O)O)c1cccc(C#N)c1. The highest BCUT2D eigenvalue weighted by Gasteiger charge is 2.06. The zero-order valence-electron chi connectivity index (χ0n) is 9.10. The molecule has 84 valence electrons. The average Bonchev–Trinajstić information content (AvgIpc) is 2.28. The van der Waals surface area contributed by atoms with Crippen molar-refractivity contribution in [2.75, 3.05) is 6.54 Å². The van der Waals surface area contributed by atoms with Crippen molar-refractivity contribution in [3.8, 4) is 6.07 Å². The number of hydrogen-bond acceptors (Lipinski definition) is 3. The van der Waals surface area contributed by atoms with E-state index in [0.29, 0.717) is 12.1 Å². The third-order valence-corrected chi connectivity index (χ3v) is 2.31. The molecule has 1 atom stereocenters. The second-order valence-electron chi connectivity index (χ2n) is 3.56. The molecule has 16 heavy (non-hydrogen) atoms. The smallest absolute Gasteiger partial charge is 0.304 e. The number of nitriles is 1. The van der Waals surface area contributed by atoms with Gasteiger partial charge in [0.1, 0.15) is 0 Å². The summed E-state index contributed by atoms with van der Waals surface area (Å²) in [5.74, 6) is -0.814. The molecular formula is C12H14N2O2. The van der Waals surface area contributed by atoms with Crippen LogP contribution in [0.25, 0.3) is 0 Å². The van der Waals surface area contributed by atoms with Crippen LogP contribution in [0.2, 0.25) is 0 Å². The van der Waals surface area contributed by atoms with Gasteiger partial charge in [-0.25, -0.2) is 0 Å². The van der Waals surface area contributed by atoms with Gasteiger partial charge in [0.25, 0.3) is 0 Å². The monoisotopic (exact) mass is 218 g/mol. The van der Waals surface area contributed by atoms with Crippen molar-refractivity contribution in [1.29, 1.82) is 5.26 Å². The Labute approximate surface area is 94.5 Å². The first-order chi connectivity index (χ1) is 7.63. The van der Waals surface area contributed by atoms with E-state index >= 15 is 0 Å². The molecule has 1 aromatic carbocycles. The lowest BCUT2D eigenvalue weighted by molar-refractivity contribution is -0.136. The maximum Gasteiger partial charge on any atom is 0.304 e. The van der Waals surface area contributed by atoms with Crippen LogP contribution in [-0.4, -0.2) is 17.6 Å². The summed E-state index contributed by atoms with van der Waals surface area (Å²) in [5.41, 5.74) is 1.61. The van der Waals surface area contributed by atoms with Gasteiger partial charge in [-0.05, 0) is 24.6 Å². The quantitative estimate of drug-likeness (QED) is 0.788. The van der Waals surface area contributed by atoms with E-state index < -0.39 is 5.97 Å².